The zero-order valence-corrected chi connectivity index (χ0v) is 8.19. The minimum Gasteiger partial charge on any atom is -0.269 e. The Morgan fingerprint density at radius 2 is 2.00 bits per heavy atom. The van der Waals surface area contributed by atoms with E-state index in [1.165, 1.54) is 6.92 Å². The Balaban J connectivity index is 2.95. The van der Waals surface area contributed by atoms with Gasteiger partial charge in [0.05, 0.1) is 11.0 Å². The molecule has 1 N–H and O–H groups in total. The largest absolute Gasteiger partial charge is 0.365 e. The van der Waals surface area contributed by atoms with Gasteiger partial charge in [-0.25, -0.2) is 8.96 Å². The summed E-state index contributed by atoms with van der Waals surface area (Å²) in [5, 5.41) is 0. The highest BCUT2D eigenvalue weighted by Gasteiger charge is 2.15. The highest BCUT2D eigenvalue weighted by molar-refractivity contribution is 7.84. The van der Waals surface area contributed by atoms with E-state index in [0.717, 1.165) is 3.97 Å². The van der Waals surface area contributed by atoms with E-state index >= 15 is 0 Å². The minimum atomic E-state index is -4.26. The molecule has 0 spiro atoms. The summed E-state index contributed by atoms with van der Waals surface area (Å²) < 4.78 is 31.8. The molecule has 0 saturated carbocycles. The fourth-order valence-electron chi connectivity index (χ4n) is 1.42. The quantitative estimate of drug-likeness (QED) is 0.715. The third kappa shape index (κ3) is 1.28. The first-order valence-electron chi connectivity index (χ1n) is 3.92. The minimum absolute atomic E-state index is 0.244. The Morgan fingerprint density at radius 3 is 2.64 bits per heavy atom. The fraction of sp³-hybridized carbons (Fsp3) is 0.125. The highest BCUT2D eigenvalue weighted by atomic mass is 32.2. The van der Waals surface area contributed by atoms with Gasteiger partial charge in [0.1, 0.15) is 5.82 Å². The molecular weight excluding hydrogens is 204 g/mol. The van der Waals surface area contributed by atoms with E-state index in [2.05, 4.69) is 4.98 Å². The van der Waals surface area contributed by atoms with E-state index in [-0.39, 0.29) is 5.82 Å². The summed E-state index contributed by atoms with van der Waals surface area (Å²) in [5.41, 5.74) is 0.926. The maximum atomic E-state index is 11.0. The number of imidazole rings is 1. The van der Waals surface area contributed by atoms with Crippen molar-refractivity contribution < 1.29 is 13.0 Å². The van der Waals surface area contributed by atoms with Gasteiger partial charge in [-0.2, -0.15) is 8.42 Å². The molecule has 2 rings (SSSR count). The normalized spacial score (nSPS) is 12.1. The van der Waals surface area contributed by atoms with Gasteiger partial charge in [-0.3, -0.25) is 4.55 Å². The lowest BCUT2D eigenvalue weighted by Gasteiger charge is -2.00. The van der Waals surface area contributed by atoms with E-state index in [4.69, 9.17) is 4.55 Å². The average molecular weight is 212 g/mol. The number of rotatable bonds is 1. The zero-order chi connectivity index (χ0) is 10.3. The molecule has 1 aromatic heterocycles. The van der Waals surface area contributed by atoms with E-state index in [1.54, 1.807) is 24.3 Å². The second-order valence-electron chi connectivity index (χ2n) is 2.89. The van der Waals surface area contributed by atoms with Crippen molar-refractivity contribution in [1.29, 1.82) is 0 Å². The lowest BCUT2D eigenvalue weighted by molar-refractivity contribution is 0.473. The van der Waals surface area contributed by atoms with Gasteiger partial charge < -0.3 is 0 Å². The molecule has 0 fully saturated rings. The van der Waals surface area contributed by atoms with E-state index in [1.807, 2.05) is 0 Å². The Kier molecular flexibility index (Phi) is 1.83. The van der Waals surface area contributed by atoms with Crippen LogP contribution in [0.3, 0.4) is 0 Å². The standard InChI is InChI=1S/C8H8N2O3S/c1-6-9-7-4-2-3-5-8(7)10(6)14(11,12)13/h2-5H,1H3,(H,11,12,13). The molecule has 0 bridgehead atoms. The molecule has 0 aliphatic rings. The van der Waals surface area contributed by atoms with Gasteiger partial charge in [-0.15, -0.1) is 0 Å². The summed E-state index contributed by atoms with van der Waals surface area (Å²) in [6.45, 7) is 1.52. The molecule has 0 atom stereocenters. The molecule has 1 aromatic carbocycles. The Morgan fingerprint density at radius 1 is 1.36 bits per heavy atom. The Labute approximate surface area is 80.9 Å². The molecule has 0 amide bonds. The maximum absolute atomic E-state index is 11.0. The van der Waals surface area contributed by atoms with Crippen LogP contribution in [0.4, 0.5) is 0 Å². The predicted octanol–water partition coefficient (Wildman–Crippen LogP) is 0.996. The highest BCUT2D eigenvalue weighted by Crippen LogP contribution is 2.16. The first-order valence-corrected chi connectivity index (χ1v) is 5.32. The van der Waals surface area contributed by atoms with Crippen LogP contribution in [-0.4, -0.2) is 21.9 Å². The third-order valence-electron chi connectivity index (χ3n) is 1.91. The molecule has 0 aliphatic heterocycles. The van der Waals surface area contributed by atoms with Crippen molar-refractivity contribution in [3.8, 4) is 0 Å². The molecular formula is C8H8N2O3S. The summed E-state index contributed by atoms with van der Waals surface area (Å²) >= 11 is 0. The first kappa shape index (κ1) is 9.17. The number of hydrogen-bond acceptors (Lipinski definition) is 3. The molecule has 6 heteroatoms. The van der Waals surface area contributed by atoms with Gasteiger partial charge in [0.25, 0.3) is 0 Å². The number of benzene rings is 1. The molecule has 5 nitrogen and oxygen atoms in total. The van der Waals surface area contributed by atoms with E-state index < -0.39 is 10.3 Å². The summed E-state index contributed by atoms with van der Waals surface area (Å²) in [5.74, 6) is 0.244. The van der Waals surface area contributed by atoms with Crippen molar-refractivity contribution in [2.24, 2.45) is 0 Å². The van der Waals surface area contributed by atoms with Crippen LogP contribution in [0.2, 0.25) is 0 Å². The fourth-order valence-corrected chi connectivity index (χ4v) is 2.19. The summed E-state index contributed by atoms with van der Waals surface area (Å²) in [6.07, 6.45) is 0. The van der Waals surface area contributed by atoms with Crippen molar-refractivity contribution in [3.63, 3.8) is 0 Å². The van der Waals surface area contributed by atoms with Crippen LogP contribution >= 0.6 is 0 Å². The van der Waals surface area contributed by atoms with Crippen molar-refractivity contribution in [3.05, 3.63) is 30.1 Å². The van der Waals surface area contributed by atoms with E-state index in [9.17, 15) is 8.42 Å². The Bertz CT molecular complexity index is 586. The van der Waals surface area contributed by atoms with E-state index in [0.29, 0.717) is 11.0 Å². The number of para-hydroxylation sites is 2. The lowest BCUT2D eigenvalue weighted by atomic mass is 10.3. The number of aromatic nitrogens is 2. The van der Waals surface area contributed by atoms with Crippen LogP contribution in [0.25, 0.3) is 11.0 Å². The molecule has 0 aliphatic carbocycles. The SMILES string of the molecule is Cc1nc2ccccc2n1S(=O)(=O)O. The Hall–Kier alpha value is -1.40. The second kappa shape index (κ2) is 2.79. The second-order valence-corrected chi connectivity index (χ2v) is 4.15. The van der Waals surface area contributed by atoms with Gasteiger partial charge in [-0.1, -0.05) is 12.1 Å². The predicted molar refractivity (Wildman–Crippen MR) is 51.4 cm³/mol. The summed E-state index contributed by atoms with van der Waals surface area (Å²) in [6, 6.07) is 6.71. The van der Waals surface area contributed by atoms with Crippen LogP contribution in [0, 0.1) is 6.92 Å². The van der Waals surface area contributed by atoms with Crippen molar-refractivity contribution in [1.82, 2.24) is 8.96 Å². The average Bonchev–Trinajstić information content (AvgIpc) is 2.38. The van der Waals surface area contributed by atoms with Crippen molar-refractivity contribution >= 4 is 21.3 Å². The third-order valence-corrected chi connectivity index (χ3v) is 2.83. The molecule has 0 unspecified atom stereocenters. The van der Waals surface area contributed by atoms with Crippen LogP contribution < -0.4 is 0 Å². The van der Waals surface area contributed by atoms with Gasteiger partial charge in [0.15, 0.2) is 0 Å². The zero-order valence-electron chi connectivity index (χ0n) is 7.38. The van der Waals surface area contributed by atoms with Crippen LogP contribution in [0.15, 0.2) is 24.3 Å². The van der Waals surface area contributed by atoms with Gasteiger partial charge in [-0.05, 0) is 19.1 Å². The summed E-state index contributed by atoms with van der Waals surface area (Å²) in [4.78, 5) is 4.00. The van der Waals surface area contributed by atoms with Crippen LogP contribution in [0.5, 0.6) is 0 Å². The van der Waals surface area contributed by atoms with Gasteiger partial charge in [0, 0.05) is 0 Å². The first-order chi connectivity index (χ1) is 6.50. The van der Waals surface area contributed by atoms with Crippen molar-refractivity contribution in [2.75, 3.05) is 0 Å². The molecule has 74 valence electrons. The number of fused-ring (bicyclic) bond motifs is 1. The number of hydrogen-bond donors (Lipinski definition) is 1. The van der Waals surface area contributed by atoms with Gasteiger partial charge >= 0.3 is 10.3 Å². The molecule has 1 heterocycles. The topological polar surface area (TPSA) is 72.2 Å². The molecule has 0 radical (unpaired) electrons. The van der Waals surface area contributed by atoms with Crippen LogP contribution in [-0.2, 0) is 10.3 Å². The lowest BCUT2D eigenvalue weighted by Crippen LogP contribution is -2.12. The van der Waals surface area contributed by atoms with Crippen molar-refractivity contribution in [2.45, 2.75) is 6.92 Å². The monoisotopic (exact) mass is 212 g/mol. The van der Waals surface area contributed by atoms with Gasteiger partial charge in [0.2, 0.25) is 0 Å². The molecule has 14 heavy (non-hydrogen) atoms. The smallest absolute Gasteiger partial charge is 0.269 e. The molecule has 2 aromatic rings. The maximum Gasteiger partial charge on any atom is 0.365 e. The number of aryl methyl sites for hydroxylation is 1. The molecule has 0 saturated heterocycles. The van der Waals surface area contributed by atoms with Crippen LogP contribution in [0.1, 0.15) is 5.82 Å². The number of nitrogens with zero attached hydrogens (tertiary/aromatic N) is 2. The summed E-state index contributed by atoms with van der Waals surface area (Å²) in [7, 11) is -4.26.